The fraction of sp³-hybridized carbons (Fsp3) is 0. The first-order valence-corrected chi connectivity index (χ1v) is 18.6. The molecule has 4 heterocycles. The SMILES string of the molecule is c1ccc2c(c1)Sc1cc3c4c5c1B2c1ccccc1N5c1ccccc1B4c1ccccc1N3c1ccccc1-c1ccc2ccccc2c1. The third-order valence-electron chi connectivity index (χ3n) is 11.5. The largest absolute Gasteiger partial charge is 0.312 e. The molecule has 234 valence electrons. The molecule has 0 amide bonds. The van der Waals surface area contributed by atoms with Crippen molar-refractivity contribution in [3.63, 3.8) is 0 Å². The molecular formula is C46H28B2N2S. The Morgan fingerprint density at radius 1 is 0.373 bits per heavy atom. The van der Waals surface area contributed by atoms with E-state index in [1.807, 2.05) is 11.8 Å². The van der Waals surface area contributed by atoms with Crippen LogP contribution in [-0.4, -0.2) is 13.4 Å². The van der Waals surface area contributed by atoms with E-state index < -0.39 is 0 Å². The average Bonchev–Trinajstić information content (AvgIpc) is 3.20. The lowest BCUT2D eigenvalue weighted by atomic mass is 9.29. The van der Waals surface area contributed by atoms with Gasteiger partial charge in [0.25, 0.3) is 6.71 Å². The van der Waals surface area contributed by atoms with Crippen molar-refractivity contribution in [3.05, 3.63) is 170 Å². The van der Waals surface area contributed by atoms with Gasteiger partial charge in [0.05, 0.1) is 5.69 Å². The zero-order valence-corrected chi connectivity index (χ0v) is 28.4. The smallest absolute Gasteiger partial charge is 0.252 e. The topological polar surface area (TPSA) is 6.48 Å². The van der Waals surface area contributed by atoms with Gasteiger partial charge in [-0.05, 0) is 86.1 Å². The Morgan fingerprint density at radius 3 is 1.65 bits per heavy atom. The summed E-state index contributed by atoms with van der Waals surface area (Å²) in [7, 11) is 0. The summed E-state index contributed by atoms with van der Waals surface area (Å²) < 4.78 is 0. The highest BCUT2D eigenvalue weighted by atomic mass is 32.2. The minimum Gasteiger partial charge on any atom is -0.312 e. The van der Waals surface area contributed by atoms with Crippen LogP contribution >= 0.6 is 11.8 Å². The summed E-state index contributed by atoms with van der Waals surface area (Å²) in [6, 6.07) is 63.5. The molecule has 8 aromatic rings. The van der Waals surface area contributed by atoms with Crippen LogP contribution in [0.1, 0.15) is 0 Å². The molecule has 0 saturated heterocycles. The molecule has 4 aliphatic rings. The molecule has 8 aromatic carbocycles. The van der Waals surface area contributed by atoms with E-state index in [1.165, 1.54) is 98.6 Å². The quantitative estimate of drug-likeness (QED) is 0.174. The number of nitrogens with zero attached hydrogens (tertiary/aromatic N) is 2. The zero-order chi connectivity index (χ0) is 33.2. The van der Waals surface area contributed by atoms with Crippen LogP contribution in [-0.2, 0) is 0 Å². The van der Waals surface area contributed by atoms with Crippen LogP contribution < -0.4 is 42.6 Å². The summed E-state index contributed by atoms with van der Waals surface area (Å²) in [6.45, 7) is 0.285. The first-order valence-electron chi connectivity index (χ1n) is 17.8. The van der Waals surface area contributed by atoms with Gasteiger partial charge in [-0.25, -0.2) is 0 Å². The molecule has 0 unspecified atom stereocenters. The number of benzene rings is 8. The number of anilines is 6. The molecule has 5 heteroatoms. The predicted molar refractivity (Wildman–Crippen MR) is 219 cm³/mol. The van der Waals surface area contributed by atoms with Crippen molar-refractivity contribution in [2.45, 2.75) is 9.79 Å². The molecule has 0 saturated carbocycles. The Labute approximate surface area is 302 Å². The van der Waals surface area contributed by atoms with Gasteiger partial charge < -0.3 is 9.80 Å². The third-order valence-corrected chi connectivity index (χ3v) is 12.6. The van der Waals surface area contributed by atoms with Gasteiger partial charge in [-0.1, -0.05) is 145 Å². The standard InChI is InChI=1S/C46H28B2N2S/c1-2-14-30-27-31(26-25-29(30)13-1)32-15-3-8-20-37(32)49-38-21-9-4-16-33(38)47-34-17-5-10-22-39(34)50-40-23-11-6-18-35(40)48-36-19-7-12-24-42(36)51-43-28-41(49)44(47)46(50)45(43)48/h1-28H. The normalized spacial score (nSPS) is 14.0. The minimum atomic E-state index is 0.112. The van der Waals surface area contributed by atoms with Crippen LogP contribution in [0.4, 0.5) is 34.1 Å². The first kappa shape index (κ1) is 27.9. The fourth-order valence-corrected chi connectivity index (χ4v) is 10.6. The Balaban J connectivity index is 1.20. The van der Waals surface area contributed by atoms with Crippen molar-refractivity contribution in [1.82, 2.24) is 0 Å². The number of fused-ring (bicyclic) bond motifs is 11. The number of para-hydroxylation sites is 4. The van der Waals surface area contributed by atoms with E-state index in [0.29, 0.717) is 0 Å². The molecule has 51 heavy (non-hydrogen) atoms. The van der Waals surface area contributed by atoms with Crippen LogP contribution in [0.3, 0.4) is 0 Å². The summed E-state index contributed by atoms with van der Waals surface area (Å²) >= 11 is 1.93. The average molecular weight is 662 g/mol. The summed E-state index contributed by atoms with van der Waals surface area (Å²) in [5, 5.41) is 2.51. The van der Waals surface area contributed by atoms with Gasteiger partial charge in [0, 0.05) is 43.8 Å². The van der Waals surface area contributed by atoms with E-state index in [4.69, 9.17) is 0 Å². The monoisotopic (exact) mass is 662 g/mol. The van der Waals surface area contributed by atoms with Crippen molar-refractivity contribution in [1.29, 1.82) is 0 Å². The summed E-state index contributed by atoms with van der Waals surface area (Å²) in [5.74, 6) is 0. The lowest BCUT2D eigenvalue weighted by Gasteiger charge is -2.49. The number of hydrogen-bond acceptors (Lipinski definition) is 3. The van der Waals surface area contributed by atoms with Crippen molar-refractivity contribution >= 4 is 103 Å². The molecule has 0 aliphatic carbocycles. The van der Waals surface area contributed by atoms with E-state index in [-0.39, 0.29) is 13.4 Å². The third kappa shape index (κ3) is 3.71. The van der Waals surface area contributed by atoms with Gasteiger partial charge in [-0.3, -0.25) is 0 Å². The summed E-state index contributed by atoms with van der Waals surface area (Å²) in [6.07, 6.45) is 0. The lowest BCUT2D eigenvalue weighted by Crippen LogP contribution is -2.68. The van der Waals surface area contributed by atoms with E-state index >= 15 is 0 Å². The van der Waals surface area contributed by atoms with Crippen molar-refractivity contribution in [3.8, 4) is 11.1 Å². The second-order valence-electron chi connectivity index (χ2n) is 14.0. The molecule has 0 bridgehead atoms. The Bertz CT molecular complexity index is 2780. The van der Waals surface area contributed by atoms with E-state index in [0.717, 1.165) is 0 Å². The highest BCUT2D eigenvalue weighted by Crippen LogP contribution is 2.49. The van der Waals surface area contributed by atoms with Crippen LogP contribution in [0.25, 0.3) is 21.9 Å². The van der Waals surface area contributed by atoms with Gasteiger partial charge in [0.1, 0.15) is 0 Å². The molecule has 4 aliphatic heterocycles. The van der Waals surface area contributed by atoms with E-state index in [9.17, 15) is 0 Å². The maximum absolute atomic E-state index is 2.60. The van der Waals surface area contributed by atoms with Crippen LogP contribution in [0.5, 0.6) is 0 Å². The van der Waals surface area contributed by atoms with Crippen LogP contribution in [0, 0.1) is 0 Å². The summed E-state index contributed by atoms with van der Waals surface area (Å²) in [5.41, 5.74) is 18.4. The maximum atomic E-state index is 2.60. The van der Waals surface area contributed by atoms with E-state index in [1.54, 1.807) is 0 Å². The highest BCUT2D eigenvalue weighted by Gasteiger charge is 2.50. The molecule has 0 radical (unpaired) electrons. The number of hydrogen-bond donors (Lipinski definition) is 0. The highest BCUT2D eigenvalue weighted by molar-refractivity contribution is 8.00. The van der Waals surface area contributed by atoms with Crippen molar-refractivity contribution in [2.75, 3.05) is 9.80 Å². The fourth-order valence-electron chi connectivity index (χ4n) is 9.46. The predicted octanol–water partition coefficient (Wildman–Crippen LogP) is 7.88. The zero-order valence-electron chi connectivity index (χ0n) is 27.6. The molecule has 0 fully saturated rings. The Kier molecular flexibility index (Phi) is 5.64. The van der Waals surface area contributed by atoms with Gasteiger partial charge in [0.2, 0.25) is 6.71 Å². The minimum absolute atomic E-state index is 0.112. The molecule has 2 nitrogen and oxygen atoms in total. The molecule has 0 aromatic heterocycles. The molecule has 0 atom stereocenters. The van der Waals surface area contributed by atoms with Gasteiger partial charge >= 0.3 is 0 Å². The van der Waals surface area contributed by atoms with Crippen LogP contribution in [0.15, 0.2) is 180 Å². The number of rotatable bonds is 2. The molecule has 0 spiro atoms. The second-order valence-corrected chi connectivity index (χ2v) is 15.1. The Morgan fingerprint density at radius 2 is 0.922 bits per heavy atom. The second kappa shape index (κ2) is 10.3. The Hall–Kier alpha value is -5.90. The van der Waals surface area contributed by atoms with Crippen molar-refractivity contribution in [2.24, 2.45) is 0 Å². The van der Waals surface area contributed by atoms with Crippen LogP contribution in [0.2, 0.25) is 0 Å². The molecule has 12 rings (SSSR count). The van der Waals surface area contributed by atoms with Gasteiger partial charge in [-0.2, -0.15) is 0 Å². The molecule has 0 N–H and O–H groups in total. The van der Waals surface area contributed by atoms with Crippen molar-refractivity contribution < 1.29 is 0 Å². The summed E-state index contributed by atoms with van der Waals surface area (Å²) in [4.78, 5) is 7.87. The van der Waals surface area contributed by atoms with Gasteiger partial charge in [-0.15, -0.1) is 0 Å². The molecular weight excluding hydrogens is 634 g/mol. The maximum Gasteiger partial charge on any atom is 0.252 e. The van der Waals surface area contributed by atoms with E-state index in [2.05, 4.69) is 180 Å². The van der Waals surface area contributed by atoms with Gasteiger partial charge in [0.15, 0.2) is 0 Å². The first-order chi connectivity index (χ1) is 25.3. The lowest BCUT2D eigenvalue weighted by molar-refractivity contribution is 1.23.